The van der Waals surface area contributed by atoms with E-state index in [-0.39, 0.29) is 11.8 Å². The zero-order valence-electron chi connectivity index (χ0n) is 13.2. The molecule has 0 heterocycles. The molecule has 0 aliphatic rings. The molecule has 1 aromatic rings. The Morgan fingerprint density at radius 2 is 1.67 bits per heavy atom. The number of benzene rings is 1. The van der Waals surface area contributed by atoms with E-state index in [4.69, 9.17) is 4.74 Å². The first-order valence-corrected chi connectivity index (χ1v) is 8.28. The smallest absolute Gasteiger partial charge is 0.316 e. The van der Waals surface area contributed by atoms with Gasteiger partial charge in [0, 0.05) is 16.9 Å². The Kier molecular flexibility index (Phi) is 7.51. The molecular weight excluding hydrogens is 284 g/mol. The van der Waals surface area contributed by atoms with E-state index in [1.165, 1.54) is 11.8 Å². The summed E-state index contributed by atoms with van der Waals surface area (Å²) in [5.41, 5.74) is 0.732. The molecule has 0 spiro atoms. The van der Waals surface area contributed by atoms with Crippen molar-refractivity contribution in [3.63, 3.8) is 0 Å². The van der Waals surface area contributed by atoms with Gasteiger partial charge in [-0.3, -0.25) is 9.59 Å². The summed E-state index contributed by atoms with van der Waals surface area (Å²) in [5, 5.41) is 0. The van der Waals surface area contributed by atoms with Crippen LogP contribution in [0.15, 0.2) is 29.2 Å². The van der Waals surface area contributed by atoms with Gasteiger partial charge in [-0.15, -0.1) is 11.8 Å². The molecule has 116 valence electrons. The summed E-state index contributed by atoms with van der Waals surface area (Å²) in [6, 6.07) is 7.42. The van der Waals surface area contributed by atoms with E-state index >= 15 is 0 Å². The molecule has 0 saturated carbocycles. The van der Waals surface area contributed by atoms with Crippen molar-refractivity contribution >= 4 is 23.5 Å². The van der Waals surface area contributed by atoms with Crippen LogP contribution >= 0.6 is 11.8 Å². The number of carbonyl (C=O) groups is 2. The predicted molar refractivity (Wildman–Crippen MR) is 86.7 cm³/mol. The summed E-state index contributed by atoms with van der Waals surface area (Å²) in [5.74, 6) is 0.977. The van der Waals surface area contributed by atoms with Crippen LogP contribution in [0.4, 0.5) is 0 Å². The molecule has 0 aliphatic carbocycles. The number of ether oxygens (including phenoxy) is 1. The number of ketones is 1. The Morgan fingerprint density at radius 3 is 2.19 bits per heavy atom. The van der Waals surface area contributed by atoms with Crippen LogP contribution in [0.25, 0.3) is 0 Å². The van der Waals surface area contributed by atoms with E-state index in [0.29, 0.717) is 30.6 Å². The highest BCUT2D eigenvalue weighted by atomic mass is 32.2. The van der Waals surface area contributed by atoms with Crippen LogP contribution in [0.2, 0.25) is 0 Å². The second-order valence-electron chi connectivity index (χ2n) is 5.91. The topological polar surface area (TPSA) is 43.4 Å². The van der Waals surface area contributed by atoms with Crippen LogP contribution in [0.5, 0.6) is 0 Å². The van der Waals surface area contributed by atoms with Crippen molar-refractivity contribution in [2.75, 3.05) is 12.4 Å². The molecule has 0 amide bonds. The highest BCUT2D eigenvalue weighted by Crippen LogP contribution is 2.20. The number of Topliss-reactive ketones (excluding diaryl/α,β-unsaturated/α-hetero) is 1. The van der Waals surface area contributed by atoms with Gasteiger partial charge in [0.05, 0.1) is 12.4 Å². The standard InChI is InChI=1S/C17H24O3S/c1-12(2)9-16(18)14-5-7-15(8-6-14)21-11-17(19)20-10-13(3)4/h5-8,12-13H,9-11H2,1-4H3. The van der Waals surface area contributed by atoms with Crippen molar-refractivity contribution in [3.8, 4) is 0 Å². The molecule has 1 aromatic carbocycles. The van der Waals surface area contributed by atoms with Gasteiger partial charge in [-0.2, -0.15) is 0 Å². The summed E-state index contributed by atoms with van der Waals surface area (Å²) >= 11 is 1.43. The van der Waals surface area contributed by atoms with Crippen LogP contribution in [0.3, 0.4) is 0 Å². The molecule has 0 fully saturated rings. The lowest BCUT2D eigenvalue weighted by Crippen LogP contribution is -2.11. The Labute approximate surface area is 131 Å². The molecule has 0 N–H and O–H groups in total. The van der Waals surface area contributed by atoms with E-state index in [0.717, 1.165) is 10.5 Å². The second kappa shape index (κ2) is 8.88. The summed E-state index contributed by atoms with van der Waals surface area (Å²) in [6.45, 7) is 8.54. The second-order valence-corrected chi connectivity index (χ2v) is 6.96. The van der Waals surface area contributed by atoms with Crippen LogP contribution in [-0.2, 0) is 9.53 Å². The zero-order chi connectivity index (χ0) is 15.8. The molecule has 3 nitrogen and oxygen atoms in total. The maximum Gasteiger partial charge on any atom is 0.316 e. The fourth-order valence-electron chi connectivity index (χ4n) is 1.67. The molecule has 0 radical (unpaired) electrons. The largest absolute Gasteiger partial charge is 0.465 e. The van der Waals surface area contributed by atoms with Gasteiger partial charge < -0.3 is 4.74 Å². The number of hydrogen-bond acceptors (Lipinski definition) is 4. The van der Waals surface area contributed by atoms with E-state index in [1.54, 1.807) is 0 Å². The fraction of sp³-hybridized carbons (Fsp3) is 0.529. The summed E-state index contributed by atoms with van der Waals surface area (Å²) in [7, 11) is 0. The van der Waals surface area contributed by atoms with Crippen LogP contribution in [-0.4, -0.2) is 24.1 Å². The third-order valence-corrected chi connectivity index (χ3v) is 3.69. The fourth-order valence-corrected chi connectivity index (χ4v) is 2.37. The first-order valence-electron chi connectivity index (χ1n) is 7.30. The summed E-state index contributed by atoms with van der Waals surface area (Å²) in [6.07, 6.45) is 0.564. The van der Waals surface area contributed by atoms with Crippen LogP contribution < -0.4 is 0 Å². The minimum absolute atomic E-state index is 0.165. The summed E-state index contributed by atoms with van der Waals surface area (Å²) in [4.78, 5) is 24.4. The lowest BCUT2D eigenvalue weighted by Gasteiger charge is -2.07. The van der Waals surface area contributed by atoms with Gasteiger partial charge >= 0.3 is 5.97 Å². The highest BCUT2D eigenvalue weighted by Gasteiger charge is 2.09. The number of hydrogen-bond donors (Lipinski definition) is 0. The Balaban J connectivity index is 2.44. The molecule has 0 saturated heterocycles. The van der Waals surface area contributed by atoms with Gasteiger partial charge in [0.2, 0.25) is 0 Å². The molecule has 0 unspecified atom stereocenters. The maximum absolute atomic E-state index is 11.9. The first kappa shape index (κ1) is 17.8. The average Bonchev–Trinajstić information content (AvgIpc) is 2.42. The van der Waals surface area contributed by atoms with E-state index in [9.17, 15) is 9.59 Å². The summed E-state index contributed by atoms with van der Waals surface area (Å²) < 4.78 is 5.12. The monoisotopic (exact) mass is 308 g/mol. The highest BCUT2D eigenvalue weighted by molar-refractivity contribution is 8.00. The minimum Gasteiger partial charge on any atom is -0.465 e. The lowest BCUT2D eigenvalue weighted by atomic mass is 10.0. The van der Waals surface area contributed by atoms with Gasteiger partial charge in [-0.1, -0.05) is 39.8 Å². The van der Waals surface area contributed by atoms with Gasteiger partial charge in [-0.05, 0) is 24.0 Å². The third kappa shape index (κ3) is 7.32. The van der Waals surface area contributed by atoms with Crippen molar-refractivity contribution in [1.29, 1.82) is 0 Å². The van der Waals surface area contributed by atoms with Crippen molar-refractivity contribution in [2.24, 2.45) is 11.8 Å². The Bertz CT molecular complexity index is 463. The van der Waals surface area contributed by atoms with E-state index < -0.39 is 0 Å². The predicted octanol–water partition coefficient (Wildman–Crippen LogP) is 4.21. The van der Waals surface area contributed by atoms with Crippen molar-refractivity contribution in [3.05, 3.63) is 29.8 Å². The van der Waals surface area contributed by atoms with E-state index in [1.807, 2.05) is 52.0 Å². The SMILES string of the molecule is CC(C)COC(=O)CSc1ccc(C(=O)CC(C)C)cc1. The number of rotatable bonds is 8. The van der Waals surface area contributed by atoms with Crippen LogP contribution in [0, 0.1) is 11.8 Å². The molecule has 0 aliphatic heterocycles. The van der Waals surface area contributed by atoms with Gasteiger partial charge in [0.25, 0.3) is 0 Å². The average molecular weight is 308 g/mol. The van der Waals surface area contributed by atoms with Gasteiger partial charge in [-0.25, -0.2) is 0 Å². The van der Waals surface area contributed by atoms with Crippen LogP contribution in [0.1, 0.15) is 44.5 Å². The lowest BCUT2D eigenvalue weighted by molar-refractivity contribution is -0.141. The number of carbonyl (C=O) groups excluding carboxylic acids is 2. The first-order chi connectivity index (χ1) is 9.88. The number of thioether (sulfide) groups is 1. The van der Waals surface area contributed by atoms with Crippen molar-refractivity contribution in [2.45, 2.75) is 39.0 Å². The van der Waals surface area contributed by atoms with Gasteiger partial charge in [0.15, 0.2) is 5.78 Å². The Hall–Kier alpha value is -1.29. The third-order valence-electron chi connectivity index (χ3n) is 2.70. The van der Waals surface area contributed by atoms with Gasteiger partial charge in [0.1, 0.15) is 0 Å². The molecule has 0 atom stereocenters. The maximum atomic E-state index is 11.9. The molecule has 0 bridgehead atoms. The molecule has 0 aromatic heterocycles. The van der Waals surface area contributed by atoms with Crippen molar-refractivity contribution < 1.29 is 14.3 Å². The molecule has 4 heteroatoms. The molecular formula is C17H24O3S. The molecule has 21 heavy (non-hydrogen) atoms. The van der Waals surface area contributed by atoms with E-state index in [2.05, 4.69) is 0 Å². The zero-order valence-corrected chi connectivity index (χ0v) is 14.0. The molecule has 1 rings (SSSR count). The normalized spacial score (nSPS) is 11.0. The Morgan fingerprint density at radius 1 is 1.05 bits per heavy atom. The quantitative estimate of drug-likeness (QED) is 0.410. The minimum atomic E-state index is -0.200. The van der Waals surface area contributed by atoms with Crippen molar-refractivity contribution in [1.82, 2.24) is 0 Å². The number of esters is 1.